The predicted octanol–water partition coefficient (Wildman–Crippen LogP) is 1.85. The Morgan fingerprint density at radius 1 is 1.23 bits per heavy atom. The fourth-order valence-electron chi connectivity index (χ4n) is 3.33. The van der Waals surface area contributed by atoms with Crippen molar-refractivity contribution in [1.82, 2.24) is 9.96 Å². The summed E-state index contributed by atoms with van der Waals surface area (Å²) in [6.07, 6.45) is 0.991. The topological polar surface area (TPSA) is 73.3 Å². The van der Waals surface area contributed by atoms with Crippen molar-refractivity contribution in [3.05, 3.63) is 24.3 Å². The van der Waals surface area contributed by atoms with E-state index in [2.05, 4.69) is 4.90 Å². The fourth-order valence-corrected chi connectivity index (χ4v) is 3.33. The maximum atomic E-state index is 12.8. The van der Waals surface area contributed by atoms with Crippen molar-refractivity contribution in [2.45, 2.75) is 20.3 Å². The zero-order chi connectivity index (χ0) is 19.1. The first kappa shape index (κ1) is 20.0. The van der Waals surface area contributed by atoms with E-state index >= 15 is 0 Å². The first-order chi connectivity index (χ1) is 12.4. The minimum atomic E-state index is -0.377. The van der Waals surface area contributed by atoms with Gasteiger partial charge in [-0.1, -0.05) is 13.8 Å². The second kappa shape index (κ2) is 9.43. The summed E-state index contributed by atoms with van der Waals surface area (Å²) < 4.78 is 5.18. The normalized spacial score (nSPS) is 15.7. The lowest BCUT2D eigenvalue weighted by molar-refractivity contribution is -0.157. The summed E-state index contributed by atoms with van der Waals surface area (Å²) in [7, 11) is 1.64. The predicted molar refractivity (Wildman–Crippen MR) is 99.3 cm³/mol. The van der Waals surface area contributed by atoms with Gasteiger partial charge >= 0.3 is 0 Å². The molecule has 1 saturated heterocycles. The summed E-state index contributed by atoms with van der Waals surface area (Å²) in [5.41, 5.74) is 1.11. The molecule has 1 fully saturated rings. The van der Waals surface area contributed by atoms with Gasteiger partial charge < -0.3 is 14.5 Å². The number of hydrogen-bond acceptors (Lipinski definition) is 5. The molecule has 1 N–H and O–H groups in total. The van der Waals surface area contributed by atoms with Crippen molar-refractivity contribution in [1.29, 1.82) is 0 Å². The van der Waals surface area contributed by atoms with Crippen molar-refractivity contribution >= 4 is 18.0 Å². The molecule has 1 aliphatic heterocycles. The monoisotopic (exact) mass is 363 g/mol. The summed E-state index contributed by atoms with van der Waals surface area (Å²) in [6.45, 7) is 6.87. The van der Waals surface area contributed by atoms with Crippen LogP contribution >= 0.6 is 0 Å². The zero-order valence-electron chi connectivity index (χ0n) is 15.8. The van der Waals surface area contributed by atoms with E-state index in [1.165, 1.54) is 0 Å². The van der Waals surface area contributed by atoms with Crippen LogP contribution in [0.5, 0.6) is 5.75 Å². The third kappa shape index (κ3) is 5.36. The van der Waals surface area contributed by atoms with Crippen molar-refractivity contribution in [2.75, 3.05) is 44.7 Å². The summed E-state index contributed by atoms with van der Waals surface area (Å²) in [5, 5.41) is 10.1. The maximum Gasteiger partial charge on any atom is 0.233 e. The third-order valence-electron chi connectivity index (χ3n) is 4.66. The molecule has 0 spiro atoms. The molecule has 7 heteroatoms. The molecular weight excluding hydrogens is 334 g/mol. The van der Waals surface area contributed by atoms with Crippen molar-refractivity contribution in [2.24, 2.45) is 11.8 Å². The molecule has 0 bridgehead atoms. The van der Waals surface area contributed by atoms with Crippen LogP contribution in [0.1, 0.15) is 20.3 Å². The number of benzene rings is 1. The molecule has 0 saturated carbocycles. The Hall–Kier alpha value is -2.28. The standard InChI is InChI=1S/C19H29N3O4/c1-15(2)12-16(13-22(25)14-23)19(24)21-10-8-20(9-11-21)17-4-6-18(26-3)7-5-17/h4-7,14-16,25H,8-13H2,1-3H3. The zero-order valence-corrected chi connectivity index (χ0v) is 15.8. The van der Waals surface area contributed by atoms with Crippen LogP contribution in [0.3, 0.4) is 0 Å². The number of carbonyl (C=O) groups excluding carboxylic acids is 2. The van der Waals surface area contributed by atoms with Crippen molar-refractivity contribution in [3.8, 4) is 5.75 Å². The summed E-state index contributed by atoms with van der Waals surface area (Å²) in [4.78, 5) is 27.6. The van der Waals surface area contributed by atoms with E-state index in [1.807, 2.05) is 43.0 Å². The Bertz CT molecular complexity index is 583. The van der Waals surface area contributed by atoms with Gasteiger partial charge in [0.25, 0.3) is 0 Å². The molecule has 0 aliphatic carbocycles. The number of methoxy groups -OCH3 is 1. The van der Waals surface area contributed by atoms with Gasteiger partial charge in [0.15, 0.2) is 0 Å². The number of anilines is 1. The lowest BCUT2D eigenvalue weighted by Crippen LogP contribution is -2.51. The molecule has 1 atom stereocenters. The van der Waals surface area contributed by atoms with Gasteiger partial charge in [-0.25, -0.2) is 5.06 Å². The molecule has 1 heterocycles. The van der Waals surface area contributed by atoms with Crippen molar-refractivity contribution in [3.63, 3.8) is 0 Å². The number of amides is 2. The van der Waals surface area contributed by atoms with E-state index < -0.39 is 0 Å². The van der Waals surface area contributed by atoms with Gasteiger partial charge in [0.1, 0.15) is 5.75 Å². The highest BCUT2D eigenvalue weighted by atomic mass is 16.5. The van der Waals surface area contributed by atoms with Gasteiger partial charge in [-0.05, 0) is 36.6 Å². The van der Waals surface area contributed by atoms with E-state index in [-0.39, 0.29) is 18.4 Å². The molecule has 26 heavy (non-hydrogen) atoms. The quantitative estimate of drug-likeness (QED) is 0.434. The van der Waals surface area contributed by atoms with Gasteiger partial charge in [-0.15, -0.1) is 0 Å². The van der Waals surface area contributed by atoms with E-state index in [9.17, 15) is 14.8 Å². The largest absolute Gasteiger partial charge is 0.497 e. The Morgan fingerprint density at radius 3 is 2.35 bits per heavy atom. The molecular formula is C19H29N3O4. The van der Waals surface area contributed by atoms with Gasteiger partial charge in [0.2, 0.25) is 12.3 Å². The highest BCUT2D eigenvalue weighted by Crippen LogP contribution is 2.22. The van der Waals surface area contributed by atoms with E-state index in [4.69, 9.17) is 4.74 Å². The van der Waals surface area contributed by atoms with Crippen molar-refractivity contribution < 1.29 is 19.5 Å². The first-order valence-corrected chi connectivity index (χ1v) is 9.03. The van der Waals surface area contributed by atoms with Gasteiger partial charge in [-0.2, -0.15) is 0 Å². The molecule has 2 rings (SSSR count). The van der Waals surface area contributed by atoms with E-state index in [1.54, 1.807) is 7.11 Å². The Labute approximate surface area is 155 Å². The van der Waals surface area contributed by atoms with Crippen LogP contribution in [0.4, 0.5) is 5.69 Å². The SMILES string of the molecule is COc1ccc(N2CCN(C(=O)C(CC(C)C)CN(O)C=O)CC2)cc1. The molecule has 2 amide bonds. The number of hydroxylamine groups is 2. The number of nitrogens with zero attached hydrogens (tertiary/aromatic N) is 3. The maximum absolute atomic E-state index is 12.8. The fraction of sp³-hybridized carbons (Fsp3) is 0.579. The van der Waals surface area contributed by atoms with Crippen LogP contribution in [0.2, 0.25) is 0 Å². The minimum Gasteiger partial charge on any atom is -0.497 e. The second-order valence-electron chi connectivity index (χ2n) is 7.06. The van der Waals surface area contributed by atoms with Crippen LogP contribution < -0.4 is 9.64 Å². The number of piperazine rings is 1. The van der Waals surface area contributed by atoms with Crippen LogP contribution in [0, 0.1) is 11.8 Å². The summed E-state index contributed by atoms with van der Waals surface area (Å²) in [6, 6.07) is 7.90. The first-order valence-electron chi connectivity index (χ1n) is 9.03. The number of ether oxygens (including phenoxy) is 1. The van der Waals surface area contributed by atoms with Crippen LogP contribution in [0.15, 0.2) is 24.3 Å². The smallest absolute Gasteiger partial charge is 0.233 e. The Kier molecular flexibility index (Phi) is 7.26. The number of rotatable bonds is 8. The third-order valence-corrected chi connectivity index (χ3v) is 4.66. The molecule has 7 nitrogen and oxygen atoms in total. The molecule has 0 radical (unpaired) electrons. The lowest BCUT2D eigenvalue weighted by atomic mass is 9.95. The van der Waals surface area contributed by atoms with Crippen LogP contribution in [-0.2, 0) is 9.59 Å². The molecule has 144 valence electrons. The average molecular weight is 363 g/mol. The Balaban J connectivity index is 1.95. The number of hydrogen-bond donors (Lipinski definition) is 1. The highest BCUT2D eigenvalue weighted by Gasteiger charge is 2.29. The van der Waals surface area contributed by atoms with E-state index in [0.717, 1.165) is 24.5 Å². The van der Waals surface area contributed by atoms with E-state index in [0.29, 0.717) is 36.9 Å². The minimum absolute atomic E-state index is 0.00832. The molecule has 1 aliphatic rings. The van der Waals surface area contributed by atoms with Crippen LogP contribution in [0.25, 0.3) is 0 Å². The van der Waals surface area contributed by atoms with Gasteiger partial charge in [0.05, 0.1) is 19.6 Å². The molecule has 1 aromatic carbocycles. The van der Waals surface area contributed by atoms with Gasteiger partial charge in [0, 0.05) is 31.9 Å². The summed E-state index contributed by atoms with van der Waals surface area (Å²) in [5.74, 6) is 0.763. The average Bonchev–Trinajstić information content (AvgIpc) is 2.66. The Morgan fingerprint density at radius 2 is 1.85 bits per heavy atom. The highest BCUT2D eigenvalue weighted by molar-refractivity contribution is 5.79. The second-order valence-corrected chi connectivity index (χ2v) is 7.06. The summed E-state index contributed by atoms with van der Waals surface area (Å²) >= 11 is 0. The molecule has 1 unspecified atom stereocenters. The lowest BCUT2D eigenvalue weighted by Gasteiger charge is -2.38. The molecule has 0 aromatic heterocycles. The molecule has 1 aromatic rings. The number of carbonyl (C=O) groups is 2. The van der Waals surface area contributed by atoms with Crippen LogP contribution in [-0.4, -0.2) is 67.3 Å². The van der Waals surface area contributed by atoms with Gasteiger partial charge in [-0.3, -0.25) is 14.8 Å².